The van der Waals surface area contributed by atoms with Crippen molar-refractivity contribution in [2.45, 2.75) is 31.3 Å². The molecule has 3 heteroatoms. The molecule has 3 nitrogen and oxygen atoms in total. The van der Waals surface area contributed by atoms with Crippen LogP contribution in [0.15, 0.2) is 0 Å². The van der Waals surface area contributed by atoms with Crippen LogP contribution in [0, 0.1) is 0 Å². The third kappa shape index (κ3) is 2.47. The molecule has 14 heavy (non-hydrogen) atoms. The molecule has 0 aromatic heterocycles. The van der Waals surface area contributed by atoms with Crippen LogP contribution >= 0.6 is 0 Å². The summed E-state index contributed by atoms with van der Waals surface area (Å²) in [5.41, 5.74) is 0. The van der Waals surface area contributed by atoms with E-state index in [1.165, 1.54) is 45.4 Å². The number of likely N-dealkylation sites (tertiary alicyclic amines) is 1. The van der Waals surface area contributed by atoms with Crippen molar-refractivity contribution < 1.29 is 0 Å². The molecule has 2 atom stereocenters. The molecule has 2 aliphatic heterocycles. The van der Waals surface area contributed by atoms with E-state index in [0.29, 0.717) is 0 Å². The smallest absolute Gasteiger partial charge is 0.0217 e. The van der Waals surface area contributed by atoms with Gasteiger partial charge in [0.2, 0.25) is 0 Å². The van der Waals surface area contributed by atoms with Crippen molar-refractivity contribution in [3.05, 3.63) is 0 Å². The average molecular weight is 197 g/mol. The quantitative estimate of drug-likeness (QED) is 0.705. The highest BCUT2D eigenvalue weighted by Crippen LogP contribution is 2.15. The zero-order valence-electron chi connectivity index (χ0n) is 9.50. The second-order valence-electron chi connectivity index (χ2n) is 4.96. The first-order valence-electron chi connectivity index (χ1n) is 5.88. The summed E-state index contributed by atoms with van der Waals surface area (Å²) in [5.74, 6) is 0. The second-order valence-corrected chi connectivity index (χ2v) is 4.96. The fraction of sp³-hybridized carbons (Fsp3) is 1.00. The SMILES string of the molecule is CN(C)C1CCCN(CC2CCN2)C1. The Balaban J connectivity index is 1.75. The molecule has 0 aliphatic carbocycles. The van der Waals surface area contributed by atoms with Gasteiger partial charge in [0.15, 0.2) is 0 Å². The Morgan fingerprint density at radius 2 is 2.14 bits per heavy atom. The van der Waals surface area contributed by atoms with Crippen molar-refractivity contribution >= 4 is 0 Å². The van der Waals surface area contributed by atoms with Crippen molar-refractivity contribution in [3.63, 3.8) is 0 Å². The Bertz CT molecular complexity index is 177. The molecular formula is C11H23N3. The van der Waals surface area contributed by atoms with Crippen LogP contribution in [0.5, 0.6) is 0 Å². The molecule has 0 bridgehead atoms. The minimum Gasteiger partial charge on any atom is -0.313 e. The number of piperidine rings is 1. The third-order valence-corrected chi connectivity index (χ3v) is 3.62. The summed E-state index contributed by atoms with van der Waals surface area (Å²) in [5, 5.41) is 3.48. The number of nitrogens with zero attached hydrogens (tertiary/aromatic N) is 2. The first kappa shape index (κ1) is 10.4. The van der Waals surface area contributed by atoms with Crippen LogP contribution in [0.4, 0.5) is 0 Å². The first-order chi connectivity index (χ1) is 6.75. The Hall–Kier alpha value is -0.120. The molecule has 2 saturated heterocycles. The van der Waals surface area contributed by atoms with Crippen LogP contribution in [0.1, 0.15) is 19.3 Å². The summed E-state index contributed by atoms with van der Waals surface area (Å²) in [6, 6.07) is 1.57. The number of rotatable bonds is 3. The Kier molecular flexibility index (Phi) is 3.42. The van der Waals surface area contributed by atoms with Crippen LogP contribution in [0.25, 0.3) is 0 Å². The topological polar surface area (TPSA) is 18.5 Å². The summed E-state index contributed by atoms with van der Waals surface area (Å²) < 4.78 is 0. The lowest BCUT2D eigenvalue weighted by Gasteiger charge is -2.40. The Labute approximate surface area is 87.4 Å². The molecule has 82 valence electrons. The van der Waals surface area contributed by atoms with Crippen molar-refractivity contribution in [1.29, 1.82) is 0 Å². The van der Waals surface area contributed by atoms with Gasteiger partial charge in [-0.15, -0.1) is 0 Å². The molecule has 0 spiro atoms. The van der Waals surface area contributed by atoms with Gasteiger partial charge in [0, 0.05) is 25.2 Å². The monoisotopic (exact) mass is 197 g/mol. The van der Waals surface area contributed by atoms with Crippen molar-refractivity contribution in [2.24, 2.45) is 0 Å². The normalized spacial score (nSPS) is 34.5. The highest BCUT2D eigenvalue weighted by molar-refractivity contribution is 4.85. The predicted molar refractivity (Wildman–Crippen MR) is 59.6 cm³/mol. The van der Waals surface area contributed by atoms with E-state index in [0.717, 1.165) is 12.1 Å². The van der Waals surface area contributed by atoms with Gasteiger partial charge in [-0.25, -0.2) is 0 Å². The summed E-state index contributed by atoms with van der Waals surface area (Å²) in [6.07, 6.45) is 4.13. The van der Waals surface area contributed by atoms with Gasteiger partial charge in [-0.05, 0) is 46.4 Å². The van der Waals surface area contributed by atoms with Crippen LogP contribution in [-0.2, 0) is 0 Å². The standard InChI is InChI=1S/C11H23N3/c1-13(2)11-4-3-7-14(9-11)8-10-5-6-12-10/h10-12H,3-9H2,1-2H3. The molecule has 2 rings (SSSR count). The number of hydrogen-bond donors (Lipinski definition) is 1. The van der Waals surface area contributed by atoms with E-state index in [9.17, 15) is 0 Å². The van der Waals surface area contributed by atoms with E-state index in [1.54, 1.807) is 0 Å². The summed E-state index contributed by atoms with van der Waals surface area (Å²) in [7, 11) is 4.41. The molecule has 0 aromatic carbocycles. The van der Waals surface area contributed by atoms with Crippen molar-refractivity contribution in [2.75, 3.05) is 40.3 Å². The highest BCUT2D eigenvalue weighted by Gasteiger charge is 2.25. The number of nitrogens with one attached hydrogen (secondary N) is 1. The molecule has 0 radical (unpaired) electrons. The summed E-state index contributed by atoms with van der Waals surface area (Å²) in [6.45, 7) is 5.08. The molecule has 2 unspecified atom stereocenters. The average Bonchev–Trinajstić information content (AvgIpc) is 2.12. The minimum absolute atomic E-state index is 0.781. The van der Waals surface area contributed by atoms with E-state index < -0.39 is 0 Å². The van der Waals surface area contributed by atoms with Gasteiger partial charge in [0.25, 0.3) is 0 Å². The van der Waals surface area contributed by atoms with Gasteiger partial charge in [-0.2, -0.15) is 0 Å². The lowest BCUT2D eigenvalue weighted by molar-refractivity contribution is 0.113. The molecule has 2 fully saturated rings. The van der Waals surface area contributed by atoms with Crippen molar-refractivity contribution in [3.8, 4) is 0 Å². The Morgan fingerprint density at radius 1 is 1.36 bits per heavy atom. The number of hydrogen-bond acceptors (Lipinski definition) is 3. The van der Waals surface area contributed by atoms with E-state index in [1.807, 2.05) is 0 Å². The molecule has 1 N–H and O–H groups in total. The van der Waals surface area contributed by atoms with E-state index in [4.69, 9.17) is 0 Å². The van der Waals surface area contributed by atoms with E-state index >= 15 is 0 Å². The van der Waals surface area contributed by atoms with Gasteiger partial charge < -0.3 is 15.1 Å². The first-order valence-corrected chi connectivity index (χ1v) is 5.88. The maximum Gasteiger partial charge on any atom is 0.0217 e. The second kappa shape index (κ2) is 4.60. The van der Waals surface area contributed by atoms with Crippen LogP contribution in [-0.4, -0.2) is 62.2 Å². The van der Waals surface area contributed by atoms with E-state index in [2.05, 4.69) is 29.2 Å². The van der Waals surface area contributed by atoms with Crippen molar-refractivity contribution in [1.82, 2.24) is 15.1 Å². The highest BCUT2D eigenvalue weighted by atomic mass is 15.2. The fourth-order valence-corrected chi connectivity index (χ4v) is 2.43. The molecule has 0 saturated carbocycles. The maximum atomic E-state index is 3.48. The molecular weight excluding hydrogens is 174 g/mol. The third-order valence-electron chi connectivity index (χ3n) is 3.62. The largest absolute Gasteiger partial charge is 0.313 e. The minimum atomic E-state index is 0.781. The van der Waals surface area contributed by atoms with Gasteiger partial charge in [0.05, 0.1) is 0 Å². The molecule has 0 amide bonds. The molecule has 2 heterocycles. The predicted octanol–water partition coefficient (Wildman–Crippen LogP) is 0.374. The maximum absolute atomic E-state index is 3.48. The lowest BCUT2D eigenvalue weighted by Crippen LogP contribution is -2.54. The van der Waals surface area contributed by atoms with Gasteiger partial charge in [0.1, 0.15) is 0 Å². The van der Waals surface area contributed by atoms with Crippen LogP contribution in [0.3, 0.4) is 0 Å². The lowest BCUT2D eigenvalue weighted by atomic mass is 10.0. The van der Waals surface area contributed by atoms with Gasteiger partial charge in [-0.1, -0.05) is 0 Å². The molecule has 0 aromatic rings. The summed E-state index contributed by atoms with van der Waals surface area (Å²) in [4.78, 5) is 5.01. The Morgan fingerprint density at radius 3 is 2.71 bits per heavy atom. The zero-order chi connectivity index (χ0) is 9.97. The molecule has 2 aliphatic rings. The zero-order valence-corrected chi connectivity index (χ0v) is 9.50. The van der Waals surface area contributed by atoms with Gasteiger partial charge >= 0.3 is 0 Å². The van der Waals surface area contributed by atoms with E-state index in [-0.39, 0.29) is 0 Å². The summed E-state index contributed by atoms with van der Waals surface area (Å²) >= 11 is 0. The van der Waals surface area contributed by atoms with Crippen LogP contribution < -0.4 is 5.32 Å². The number of likely N-dealkylation sites (N-methyl/N-ethyl adjacent to an activating group) is 1. The fourth-order valence-electron chi connectivity index (χ4n) is 2.43. The van der Waals surface area contributed by atoms with Crippen LogP contribution in [0.2, 0.25) is 0 Å². The van der Waals surface area contributed by atoms with Gasteiger partial charge in [-0.3, -0.25) is 0 Å².